The zero-order valence-corrected chi connectivity index (χ0v) is 26.8. The standard InChI is InChI=1S/C37H31FN4O4S/c1-41(28-11-7-17-39-22-28)37(43)35-30-20-29(24-9-6-10-25(18-24)32-19-26-8-4-5-12-31(26)40-32)33(42(2)47(3,44)45)21-34(30)46-36(35)23-13-15-27(38)16-14-23/h4-18,20-22,32,40H,19H2,1-3H3. The molecule has 0 bridgehead atoms. The quantitative estimate of drug-likeness (QED) is 0.191. The molecule has 0 spiro atoms. The number of carbonyl (C=O) groups is 1. The topological polar surface area (TPSA) is 95.8 Å². The number of para-hydroxylation sites is 1. The van der Waals surface area contributed by atoms with E-state index in [0.29, 0.717) is 33.5 Å². The van der Waals surface area contributed by atoms with Gasteiger partial charge in [-0.1, -0.05) is 36.4 Å². The first kappa shape index (κ1) is 30.2. The molecule has 7 rings (SSSR count). The summed E-state index contributed by atoms with van der Waals surface area (Å²) in [6.07, 6.45) is 5.17. The van der Waals surface area contributed by atoms with Crippen molar-refractivity contribution >= 4 is 44.0 Å². The minimum absolute atomic E-state index is 0.0384. The van der Waals surface area contributed by atoms with Crippen LogP contribution in [0, 0.1) is 5.82 Å². The molecule has 47 heavy (non-hydrogen) atoms. The van der Waals surface area contributed by atoms with E-state index in [9.17, 15) is 17.6 Å². The number of amides is 1. The average Bonchev–Trinajstić information content (AvgIpc) is 3.69. The van der Waals surface area contributed by atoms with Crippen LogP contribution in [0.15, 0.2) is 114 Å². The number of fused-ring (bicyclic) bond motifs is 2. The predicted molar refractivity (Wildman–Crippen MR) is 184 cm³/mol. The molecule has 0 saturated carbocycles. The van der Waals surface area contributed by atoms with Gasteiger partial charge in [-0.3, -0.25) is 14.1 Å². The lowest BCUT2D eigenvalue weighted by atomic mass is 9.95. The van der Waals surface area contributed by atoms with Gasteiger partial charge in [0.2, 0.25) is 10.0 Å². The number of pyridine rings is 1. The van der Waals surface area contributed by atoms with Crippen molar-refractivity contribution in [2.75, 3.05) is 34.9 Å². The third kappa shape index (κ3) is 5.61. The lowest BCUT2D eigenvalue weighted by molar-refractivity contribution is 0.0994. The summed E-state index contributed by atoms with van der Waals surface area (Å²) >= 11 is 0. The Kier molecular flexibility index (Phi) is 7.52. The SMILES string of the molecule is CN(C(=O)c1c(-c2ccc(F)cc2)oc2cc(N(C)S(C)(=O)=O)c(-c3cccc(C4Cc5ccccc5N4)c3)cc12)c1cccnc1. The fourth-order valence-corrected chi connectivity index (χ4v) is 6.59. The van der Waals surface area contributed by atoms with Crippen molar-refractivity contribution in [2.45, 2.75) is 12.5 Å². The molecule has 1 amide bonds. The summed E-state index contributed by atoms with van der Waals surface area (Å²) in [4.78, 5) is 19.9. The molecule has 2 aromatic heterocycles. The fourth-order valence-electron chi connectivity index (χ4n) is 6.08. The van der Waals surface area contributed by atoms with Crippen LogP contribution in [-0.4, -0.2) is 39.7 Å². The Bertz CT molecular complexity index is 2230. The van der Waals surface area contributed by atoms with Gasteiger partial charge >= 0.3 is 0 Å². The molecule has 8 nitrogen and oxygen atoms in total. The van der Waals surface area contributed by atoms with Crippen molar-refractivity contribution in [1.29, 1.82) is 0 Å². The lowest BCUT2D eigenvalue weighted by Gasteiger charge is -2.22. The van der Waals surface area contributed by atoms with Crippen molar-refractivity contribution < 1.29 is 22.0 Å². The summed E-state index contributed by atoms with van der Waals surface area (Å²) in [7, 11) is -0.548. The van der Waals surface area contributed by atoms with E-state index in [1.54, 1.807) is 49.8 Å². The van der Waals surface area contributed by atoms with Gasteiger partial charge in [0.15, 0.2) is 0 Å². The number of hydrogen-bond donors (Lipinski definition) is 1. The first-order valence-corrected chi connectivity index (χ1v) is 16.9. The van der Waals surface area contributed by atoms with Crippen LogP contribution in [0.1, 0.15) is 27.5 Å². The highest BCUT2D eigenvalue weighted by molar-refractivity contribution is 7.92. The van der Waals surface area contributed by atoms with Crippen molar-refractivity contribution in [3.8, 4) is 22.5 Å². The lowest BCUT2D eigenvalue weighted by Crippen LogP contribution is -2.26. The van der Waals surface area contributed by atoms with Gasteiger partial charge in [0, 0.05) is 48.6 Å². The van der Waals surface area contributed by atoms with E-state index >= 15 is 0 Å². The largest absolute Gasteiger partial charge is 0.455 e. The number of hydrogen-bond acceptors (Lipinski definition) is 6. The van der Waals surface area contributed by atoms with Crippen molar-refractivity contribution in [3.63, 3.8) is 0 Å². The first-order chi connectivity index (χ1) is 22.6. The molecule has 10 heteroatoms. The van der Waals surface area contributed by atoms with E-state index in [0.717, 1.165) is 29.5 Å². The second-order valence-electron chi connectivity index (χ2n) is 11.7. The number of halogens is 1. The summed E-state index contributed by atoms with van der Waals surface area (Å²) in [5, 5.41) is 4.08. The highest BCUT2D eigenvalue weighted by atomic mass is 32.2. The smallest absolute Gasteiger partial charge is 0.262 e. The number of sulfonamides is 1. The van der Waals surface area contributed by atoms with Gasteiger partial charge in [-0.05, 0) is 77.7 Å². The van der Waals surface area contributed by atoms with Gasteiger partial charge in [0.05, 0.1) is 35.4 Å². The van der Waals surface area contributed by atoms with Crippen LogP contribution in [0.5, 0.6) is 0 Å². The Hall–Kier alpha value is -5.48. The summed E-state index contributed by atoms with van der Waals surface area (Å²) in [6, 6.07) is 28.9. The van der Waals surface area contributed by atoms with Crippen LogP contribution in [0.4, 0.5) is 21.5 Å². The summed E-state index contributed by atoms with van der Waals surface area (Å²) < 4.78 is 47.3. The summed E-state index contributed by atoms with van der Waals surface area (Å²) in [6.45, 7) is 0. The minimum atomic E-state index is -3.69. The zero-order chi connectivity index (χ0) is 32.9. The molecule has 1 aliphatic rings. The molecule has 0 aliphatic carbocycles. The van der Waals surface area contributed by atoms with Gasteiger partial charge in [-0.2, -0.15) is 0 Å². The maximum absolute atomic E-state index is 14.3. The van der Waals surface area contributed by atoms with Crippen LogP contribution >= 0.6 is 0 Å². The van der Waals surface area contributed by atoms with Gasteiger partial charge in [-0.25, -0.2) is 12.8 Å². The van der Waals surface area contributed by atoms with E-state index < -0.39 is 15.8 Å². The number of benzene rings is 4. The van der Waals surface area contributed by atoms with Crippen LogP contribution in [0.2, 0.25) is 0 Å². The number of nitrogens with zero attached hydrogens (tertiary/aromatic N) is 3. The van der Waals surface area contributed by atoms with Crippen molar-refractivity contribution in [1.82, 2.24) is 4.98 Å². The molecular weight excluding hydrogens is 615 g/mol. The van der Waals surface area contributed by atoms with Gasteiger partial charge < -0.3 is 14.6 Å². The van der Waals surface area contributed by atoms with E-state index in [1.807, 2.05) is 36.4 Å². The fraction of sp³-hybridized carbons (Fsp3) is 0.135. The zero-order valence-electron chi connectivity index (χ0n) is 25.9. The molecule has 4 aromatic carbocycles. The predicted octanol–water partition coefficient (Wildman–Crippen LogP) is 7.68. The third-order valence-electron chi connectivity index (χ3n) is 8.67. The average molecular weight is 647 g/mol. The van der Waals surface area contributed by atoms with Gasteiger partial charge in [0.1, 0.15) is 17.2 Å². The van der Waals surface area contributed by atoms with E-state index in [2.05, 4.69) is 28.5 Å². The maximum Gasteiger partial charge on any atom is 0.262 e. The molecule has 236 valence electrons. The Morgan fingerprint density at radius 3 is 2.45 bits per heavy atom. The molecule has 1 atom stereocenters. The number of anilines is 3. The molecule has 3 heterocycles. The molecule has 0 saturated heterocycles. The van der Waals surface area contributed by atoms with Crippen LogP contribution < -0.4 is 14.5 Å². The van der Waals surface area contributed by atoms with Crippen molar-refractivity contribution in [3.05, 3.63) is 132 Å². The first-order valence-electron chi connectivity index (χ1n) is 15.0. The summed E-state index contributed by atoms with van der Waals surface area (Å²) in [5.74, 6) is -0.551. The number of nitrogens with one attached hydrogen (secondary N) is 1. The van der Waals surface area contributed by atoms with E-state index in [1.165, 1.54) is 33.9 Å². The van der Waals surface area contributed by atoms with Gasteiger partial charge in [-0.15, -0.1) is 0 Å². The minimum Gasteiger partial charge on any atom is -0.455 e. The molecule has 0 radical (unpaired) electrons. The van der Waals surface area contributed by atoms with Gasteiger partial charge in [0.25, 0.3) is 5.91 Å². The number of aromatic nitrogens is 1. The van der Waals surface area contributed by atoms with E-state index in [-0.39, 0.29) is 23.3 Å². The van der Waals surface area contributed by atoms with Crippen molar-refractivity contribution in [2.24, 2.45) is 0 Å². The Morgan fingerprint density at radius 1 is 0.936 bits per heavy atom. The molecule has 1 unspecified atom stereocenters. The third-order valence-corrected chi connectivity index (χ3v) is 9.86. The highest BCUT2D eigenvalue weighted by Crippen LogP contribution is 2.43. The second-order valence-corrected chi connectivity index (χ2v) is 13.7. The molecule has 0 fully saturated rings. The summed E-state index contributed by atoms with van der Waals surface area (Å²) in [5.41, 5.74) is 6.77. The number of rotatable bonds is 7. The maximum atomic E-state index is 14.3. The molecule has 1 aliphatic heterocycles. The molecular formula is C37H31FN4O4S. The monoisotopic (exact) mass is 646 g/mol. The number of furan rings is 1. The normalized spacial score (nSPS) is 14.1. The van der Waals surface area contributed by atoms with Crippen LogP contribution in [0.25, 0.3) is 33.4 Å². The Morgan fingerprint density at radius 2 is 1.72 bits per heavy atom. The molecule has 6 aromatic rings. The highest BCUT2D eigenvalue weighted by Gasteiger charge is 2.29. The van der Waals surface area contributed by atoms with Crippen LogP contribution in [-0.2, 0) is 16.4 Å². The molecule has 1 N–H and O–H groups in total. The Balaban J connectivity index is 1.43. The number of carbonyl (C=O) groups excluding carboxylic acids is 1. The van der Waals surface area contributed by atoms with Crippen LogP contribution in [0.3, 0.4) is 0 Å². The second kappa shape index (κ2) is 11.7. The van der Waals surface area contributed by atoms with E-state index in [4.69, 9.17) is 4.42 Å². The Labute approximate surface area is 272 Å².